The molecule has 2 nitrogen and oxygen atoms in total. The molecule has 2 heteroatoms. The molecule has 0 saturated heterocycles. The molecule has 1 aromatic heterocycles. The van der Waals surface area contributed by atoms with Gasteiger partial charge in [-0.15, -0.1) is 0 Å². The molecule has 2 heterocycles. The van der Waals surface area contributed by atoms with E-state index in [1.165, 1.54) is 35.9 Å². The summed E-state index contributed by atoms with van der Waals surface area (Å²) in [7, 11) is 0. The van der Waals surface area contributed by atoms with Crippen LogP contribution in [0.4, 0.5) is 0 Å². The molecular formula is C18H25N2+. The van der Waals surface area contributed by atoms with Crippen LogP contribution in [0.2, 0.25) is 0 Å². The van der Waals surface area contributed by atoms with Crippen LogP contribution < -0.4 is 5.32 Å². The maximum absolute atomic E-state index is 3.69. The van der Waals surface area contributed by atoms with E-state index in [-0.39, 0.29) is 0 Å². The van der Waals surface area contributed by atoms with Crippen LogP contribution in [0.3, 0.4) is 0 Å². The van der Waals surface area contributed by atoms with Crippen LogP contribution in [-0.2, 0) is 0 Å². The normalized spacial score (nSPS) is 31.9. The first-order valence-corrected chi connectivity index (χ1v) is 8.01. The molecule has 1 aromatic carbocycles. The Kier molecular flexibility index (Phi) is 2.56. The molecular weight excluding hydrogens is 244 g/mol. The van der Waals surface area contributed by atoms with Gasteiger partial charge in [-0.05, 0) is 36.8 Å². The van der Waals surface area contributed by atoms with Crippen LogP contribution in [0.15, 0.2) is 24.3 Å². The minimum absolute atomic E-state index is 0.515. The lowest BCUT2D eigenvalue weighted by atomic mass is 9.66. The Morgan fingerprint density at radius 3 is 2.90 bits per heavy atom. The van der Waals surface area contributed by atoms with E-state index in [0.29, 0.717) is 11.5 Å². The first-order valence-electron chi connectivity index (χ1n) is 8.01. The van der Waals surface area contributed by atoms with E-state index in [1.54, 1.807) is 5.56 Å². The molecule has 20 heavy (non-hydrogen) atoms. The van der Waals surface area contributed by atoms with Gasteiger partial charge in [0.1, 0.15) is 6.04 Å². The van der Waals surface area contributed by atoms with Gasteiger partial charge in [-0.1, -0.05) is 32.0 Å². The number of hydrogen-bond donors (Lipinski definition) is 2. The molecule has 1 fully saturated rings. The standard InChI is InChI=1S/C18H24N2/c1-11-17-16(12-6-4-5-7-14(12)20-17)13-8-9-18(2,3)10-15(13)19-11/h4-7,11,13,15,19-20H,8-10H2,1-3H3/p+1. The number of nitrogens with two attached hydrogens (primary N) is 1. The summed E-state index contributed by atoms with van der Waals surface area (Å²) in [4.78, 5) is 3.69. The zero-order valence-electron chi connectivity index (χ0n) is 12.7. The van der Waals surface area contributed by atoms with E-state index in [2.05, 4.69) is 55.3 Å². The van der Waals surface area contributed by atoms with Gasteiger partial charge in [-0.25, -0.2) is 0 Å². The Morgan fingerprint density at radius 1 is 1.25 bits per heavy atom. The van der Waals surface area contributed by atoms with Crippen LogP contribution in [0.5, 0.6) is 0 Å². The molecule has 106 valence electrons. The molecule has 3 atom stereocenters. The van der Waals surface area contributed by atoms with E-state index in [1.807, 2.05) is 0 Å². The molecule has 2 aliphatic rings. The van der Waals surface area contributed by atoms with Crippen LogP contribution in [0.25, 0.3) is 10.9 Å². The average molecular weight is 269 g/mol. The van der Waals surface area contributed by atoms with E-state index < -0.39 is 0 Å². The van der Waals surface area contributed by atoms with E-state index in [4.69, 9.17) is 0 Å². The summed E-state index contributed by atoms with van der Waals surface area (Å²) in [5.74, 6) is 0.741. The van der Waals surface area contributed by atoms with Gasteiger partial charge < -0.3 is 10.3 Å². The fourth-order valence-electron chi connectivity index (χ4n) is 4.61. The Balaban J connectivity index is 1.86. The summed E-state index contributed by atoms with van der Waals surface area (Å²) in [5.41, 5.74) is 4.95. The minimum atomic E-state index is 0.515. The summed E-state index contributed by atoms with van der Waals surface area (Å²) in [5, 5.41) is 4.08. The molecule has 1 aliphatic heterocycles. The third-order valence-electron chi connectivity index (χ3n) is 5.58. The second-order valence-electron chi connectivity index (χ2n) is 7.66. The third kappa shape index (κ3) is 1.74. The maximum Gasteiger partial charge on any atom is 0.124 e. The highest BCUT2D eigenvalue weighted by atomic mass is 15.0. The predicted molar refractivity (Wildman–Crippen MR) is 82.8 cm³/mol. The molecule has 0 bridgehead atoms. The average Bonchev–Trinajstić information content (AvgIpc) is 2.78. The molecule has 3 unspecified atom stereocenters. The monoisotopic (exact) mass is 269 g/mol. The zero-order valence-corrected chi connectivity index (χ0v) is 12.7. The summed E-state index contributed by atoms with van der Waals surface area (Å²) in [6.45, 7) is 7.23. The second kappa shape index (κ2) is 4.11. The second-order valence-corrected chi connectivity index (χ2v) is 7.66. The Hall–Kier alpha value is -1.28. The quantitative estimate of drug-likeness (QED) is 0.734. The van der Waals surface area contributed by atoms with Crippen LogP contribution in [-0.4, -0.2) is 11.0 Å². The van der Waals surface area contributed by atoms with Crippen LogP contribution in [0, 0.1) is 5.41 Å². The highest BCUT2D eigenvalue weighted by molar-refractivity contribution is 5.85. The Labute approximate surface area is 121 Å². The number of benzene rings is 1. The molecule has 1 saturated carbocycles. The highest BCUT2D eigenvalue weighted by Crippen LogP contribution is 2.46. The number of hydrogen-bond acceptors (Lipinski definition) is 0. The smallest absolute Gasteiger partial charge is 0.124 e. The lowest BCUT2D eigenvalue weighted by Crippen LogP contribution is -2.93. The summed E-state index contributed by atoms with van der Waals surface area (Å²) >= 11 is 0. The summed E-state index contributed by atoms with van der Waals surface area (Å²) in [6.07, 6.45) is 4.05. The number of aromatic amines is 1. The third-order valence-corrected chi connectivity index (χ3v) is 5.58. The lowest BCUT2D eigenvalue weighted by molar-refractivity contribution is -0.735. The number of rotatable bonds is 0. The molecule has 0 spiro atoms. The van der Waals surface area contributed by atoms with Crippen molar-refractivity contribution in [3.05, 3.63) is 35.5 Å². The van der Waals surface area contributed by atoms with Crippen molar-refractivity contribution in [2.45, 2.75) is 58.0 Å². The van der Waals surface area contributed by atoms with Crippen molar-refractivity contribution in [2.75, 3.05) is 0 Å². The topological polar surface area (TPSA) is 32.4 Å². The van der Waals surface area contributed by atoms with Crippen molar-refractivity contribution >= 4 is 10.9 Å². The van der Waals surface area contributed by atoms with Crippen LogP contribution in [0.1, 0.15) is 63.3 Å². The first kappa shape index (κ1) is 12.5. The van der Waals surface area contributed by atoms with Gasteiger partial charge in [0.15, 0.2) is 0 Å². The van der Waals surface area contributed by atoms with Crippen molar-refractivity contribution < 1.29 is 5.32 Å². The van der Waals surface area contributed by atoms with E-state index >= 15 is 0 Å². The van der Waals surface area contributed by atoms with Crippen molar-refractivity contribution in [3.8, 4) is 0 Å². The number of fused-ring (bicyclic) bond motifs is 5. The first-order chi connectivity index (χ1) is 9.55. The van der Waals surface area contributed by atoms with E-state index in [9.17, 15) is 0 Å². The number of nitrogens with one attached hydrogen (secondary N) is 1. The van der Waals surface area contributed by atoms with Crippen molar-refractivity contribution in [2.24, 2.45) is 5.41 Å². The summed E-state index contributed by atoms with van der Waals surface area (Å²) in [6, 6.07) is 10.2. The number of quaternary nitrogens is 1. The maximum atomic E-state index is 3.69. The zero-order chi connectivity index (χ0) is 13.9. The van der Waals surface area contributed by atoms with Gasteiger partial charge in [0.25, 0.3) is 0 Å². The Bertz CT molecular complexity index is 652. The number of aromatic nitrogens is 1. The van der Waals surface area contributed by atoms with Crippen molar-refractivity contribution in [3.63, 3.8) is 0 Å². The van der Waals surface area contributed by atoms with Gasteiger partial charge in [-0.3, -0.25) is 0 Å². The number of para-hydroxylation sites is 1. The van der Waals surface area contributed by atoms with Crippen molar-refractivity contribution in [1.29, 1.82) is 0 Å². The fourth-order valence-corrected chi connectivity index (χ4v) is 4.61. The highest BCUT2D eigenvalue weighted by Gasteiger charge is 2.44. The van der Waals surface area contributed by atoms with E-state index in [0.717, 1.165) is 12.0 Å². The molecule has 4 rings (SSSR count). The predicted octanol–water partition coefficient (Wildman–Crippen LogP) is 3.47. The van der Waals surface area contributed by atoms with Gasteiger partial charge in [0.2, 0.25) is 0 Å². The molecule has 2 aromatic rings. The lowest BCUT2D eigenvalue weighted by Gasteiger charge is -2.43. The Morgan fingerprint density at radius 2 is 2.05 bits per heavy atom. The summed E-state index contributed by atoms with van der Waals surface area (Å²) < 4.78 is 0. The largest absolute Gasteiger partial charge is 0.353 e. The van der Waals surface area contributed by atoms with Crippen LogP contribution >= 0.6 is 0 Å². The van der Waals surface area contributed by atoms with Gasteiger partial charge in [-0.2, -0.15) is 0 Å². The van der Waals surface area contributed by atoms with Gasteiger partial charge in [0, 0.05) is 23.2 Å². The number of H-pyrrole nitrogens is 1. The molecule has 3 N–H and O–H groups in total. The molecule has 0 radical (unpaired) electrons. The van der Waals surface area contributed by atoms with Gasteiger partial charge >= 0.3 is 0 Å². The van der Waals surface area contributed by atoms with Crippen molar-refractivity contribution in [1.82, 2.24) is 4.98 Å². The SMILES string of the molecule is CC1[NH2+]C2CC(C)(C)CCC2c2c1[nH]c1ccccc21. The fraction of sp³-hybridized carbons (Fsp3) is 0.556. The molecule has 1 aliphatic carbocycles. The minimum Gasteiger partial charge on any atom is -0.353 e. The molecule has 0 amide bonds. The van der Waals surface area contributed by atoms with Gasteiger partial charge in [0.05, 0.1) is 11.7 Å².